The van der Waals surface area contributed by atoms with E-state index >= 15 is 0 Å². The number of benzene rings is 1. The number of aromatic nitrogens is 4. The number of hydrogen-bond acceptors (Lipinski definition) is 5. The van der Waals surface area contributed by atoms with E-state index in [1.54, 1.807) is 12.4 Å². The Morgan fingerprint density at radius 3 is 2.79 bits per heavy atom. The van der Waals surface area contributed by atoms with Crippen LogP contribution in [-0.4, -0.2) is 30.8 Å². The van der Waals surface area contributed by atoms with Crippen molar-refractivity contribution in [3.8, 4) is 11.4 Å². The van der Waals surface area contributed by atoms with Gasteiger partial charge < -0.3 is 0 Å². The highest BCUT2D eigenvalue weighted by atomic mass is 32.2. The van der Waals surface area contributed by atoms with Gasteiger partial charge in [-0.2, -0.15) is 0 Å². The Kier molecular flexibility index (Phi) is 5.39. The molecule has 1 aliphatic carbocycles. The van der Waals surface area contributed by atoms with Crippen molar-refractivity contribution in [2.45, 2.75) is 43.1 Å². The summed E-state index contributed by atoms with van der Waals surface area (Å²) in [5.74, 6) is 0.875. The zero-order valence-corrected chi connectivity index (χ0v) is 16.7. The molecule has 0 unspecified atom stereocenters. The third-order valence-electron chi connectivity index (χ3n) is 5.00. The largest absolute Gasteiger partial charge is 0.298 e. The molecule has 1 aliphatic rings. The number of hydrogen-bond donors (Lipinski definition) is 0. The number of thioether (sulfide) groups is 1. The molecule has 0 radical (unpaired) electrons. The van der Waals surface area contributed by atoms with E-state index in [-0.39, 0.29) is 11.0 Å². The molecule has 2 heterocycles. The minimum atomic E-state index is -0.252. The zero-order valence-electron chi connectivity index (χ0n) is 15.8. The van der Waals surface area contributed by atoms with Crippen molar-refractivity contribution in [2.24, 2.45) is 0 Å². The van der Waals surface area contributed by atoms with Crippen molar-refractivity contribution in [3.63, 3.8) is 0 Å². The SMILES string of the molecule is C=CCn1c(S[C@@H](C)C(=O)c2ccc3c(c2)CCC3)nnc1-c1ccncc1. The molecule has 2 aromatic heterocycles. The average molecular weight is 391 g/mol. The van der Waals surface area contributed by atoms with Gasteiger partial charge in [0.15, 0.2) is 16.8 Å². The molecule has 28 heavy (non-hydrogen) atoms. The van der Waals surface area contributed by atoms with Crippen LogP contribution in [0.4, 0.5) is 0 Å². The average Bonchev–Trinajstić information content (AvgIpc) is 3.35. The summed E-state index contributed by atoms with van der Waals surface area (Å²) in [4.78, 5) is 17.0. The number of carbonyl (C=O) groups excluding carboxylic acids is 1. The zero-order chi connectivity index (χ0) is 19.5. The fourth-order valence-corrected chi connectivity index (χ4v) is 4.49. The predicted molar refractivity (Wildman–Crippen MR) is 112 cm³/mol. The Morgan fingerprint density at radius 1 is 1.21 bits per heavy atom. The van der Waals surface area contributed by atoms with E-state index in [1.807, 2.05) is 35.8 Å². The lowest BCUT2D eigenvalue weighted by Gasteiger charge is -2.12. The molecule has 1 aromatic carbocycles. The summed E-state index contributed by atoms with van der Waals surface area (Å²) in [5, 5.41) is 9.15. The third-order valence-corrected chi connectivity index (χ3v) is 6.08. The van der Waals surface area contributed by atoms with Gasteiger partial charge in [-0.05, 0) is 55.5 Å². The van der Waals surface area contributed by atoms with Crippen LogP contribution in [0, 0.1) is 0 Å². The lowest BCUT2D eigenvalue weighted by Crippen LogP contribution is -2.15. The number of carbonyl (C=O) groups is 1. The van der Waals surface area contributed by atoms with E-state index < -0.39 is 0 Å². The standard InChI is InChI=1S/C22H22N4OS/c1-3-13-26-21(17-9-11-23-12-10-17)24-25-22(26)28-15(2)20(27)19-8-7-16-5-4-6-18(16)14-19/h3,7-12,14-15H,1,4-6,13H2,2H3/t15-/m0/s1. The number of fused-ring (bicyclic) bond motifs is 1. The first-order valence-corrected chi connectivity index (χ1v) is 10.3. The number of nitrogens with zero attached hydrogens (tertiary/aromatic N) is 4. The van der Waals surface area contributed by atoms with Gasteiger partial charge in [-0.25, -0.2) is 0 Å². The maximum Gasteiger partial charge on any atom is 0.192 e. The maximum atomic E-state index is 13.0. The van der Waals surface area contributed by atoms with Crippen LogP contribution in [-0.2, 0) is 19.4 Å². The maximum absolute atomic E-state index is 13.0. The van der Waals surface area contributed by atoms with Gasteiger partial charge in [-0.1, -0.05) is 30.0 Å². The van der Waals surface area contributed by atoms with Gasteiger partial charge >= 0.3 is 0 Å². The first-order chi connectivity index (χ1) is 13.7. The van der Waals surface area contributed by atoms with Gasteiger partial charge in [0.05, 0.1) is 5.25 Å². The molecule has 0 bridgehead atoms. The summed E-state index contributed by atoms with van der Waals surface area (Å²) in [6.45, 7) is 6.35. The summed E-state index contributed by atoms with van der Waals surface area (Å²) in [5.41, 5.74) is 4.42. The Labute approximate surface area is 168 Å². The molecule has 5 nitrogen and oxygen atoms in total. The highest BCUT2D eigenvalue weighted by Gasteiger charge is 2.23. The summed E-state index contributed by atoms with van der Waals surface area (Å²) in [6, 6.07) is 9.93. The number of pyridine rings is 1. The van der Waals surface area contributed by atoms with Crippen molar-refractivity contribution in [1.82, 2.24) is 19.7 Å². The highest BCUT2D eigenvalue weighted by molar-refractivity contribution is 8.00. The van der Waals surface area contributed by atoms with Gasteiger partial charge in [-0.3, -0.25) is 14.3 Å². The molecular formula is C22H22N4OS. The monoisotopic (exact) mass is 390 g/mol. The van der Waals surface area contributed by atoms with Crippen molar-refractivity contribution in [1.29, 1.82) is 0 Å². The molecule has 0 fully saturated rings. The normalized spacial score (nSPS) is 13.9. The number of allylic oxidation sites excluding steroid dienone is 1. The lowest BCUT2D eigenvalue weighted by atomic mass is 10.0. The number of ketones is 1. The van der Waals surface area contributed by atoms with Crippen LogP contribution in [0.3, 0.4) is 0 Å². The second-order valence-electron chi connectivity index (χ2n) is 6.90. The predicted octanol–water partition coefficient (Wildman–Crippen LogP) is 4.38. The quantitative estimate of drug-likeness (QED) is 0.340. The third kappa shape index (κ3) is 3.64. The van der Waals surface area contributed by atoms with E-state index in [0.717, 1.165) is 29.8 Å². The van der Waals surface area contributed by atoms with Gasteiger partial charge in [0.25, 0.3) is 0 Å². The molecule has 0 spiro atoms. The van der Waals surface area contributed by atoms with Crippen molar-refractivity contribution < 1.29 is 4.79 Å². The molecule has 6 heteroatoms. The smallest absolute Gasteiger partial charge is 0.192 e. The topological polar surface area (TPSA) is 60.7 Å². The molecule has 0 amide bonds. The second-order valence-corrected chi connectivity index (χ2v) is 8.21. The molecule has 142 valence electrons. The number of rotatable bonds is 7. The van der Waals surface area contributed by atoms with Gasteiger partial charge in [0.1, 0.15) is 0 Å². The first kappa shape index (κ1) is 18.6. The Hall–Kier alpha value is -2.73. The fraction of sp³-hybridized carbons (Fsp3) is 0.273. The Morgan fingerprint density at radius 2 is 2.00 bits per heavy atom. The van der Waals surface area contributed by atoms with Gasteiger partial charge in [0, 0.05) is 30.1 Å². The number of Topliss-reactive ketones (excluding diaryl/α,β-unsaturated/α-hetero) is 1. The minimum Gasteiger partial charge on any atom is -0.298 e. The first-order valence-electron chi connectivity index (χ1n) is 9.44. The van der Waals surface area contributed by atoms with Gasteiger partial charge in [-0.15, -0.1) is 16.8 Å². The van der Waals surface area contributed by atoms with Crippen LogP contribution in [0.5, 0.6) is 0 Å². The van der Waals surface area contributed by atoms with E-state index in [0.29, 0.717) is 11.7 Å². The van der Waals surface area contributed by atoms with E-state index in [4.69, 9.17) is 0 Å². The minimum absolute atomic E-state index is 0.123. The van der Waals surface area contributed by atoms with E-state index in [2.05, 4.69) is 33.9 Å². The summed E-state index contributed by atoms with van der Waals surface area (Å²) in [6.07, 6.45) is 8.65. The highest BCUT2D eigenvalue weighted by Crippen LogP contribution is 2.29. The molecule has 4 rings (SSSR count). The van der Waals surface area contributed by atoms with Crippen LogP contribution >= 0.6 is 11.8 Å². The van der Waals surface area contributed by atoms with Crippen LogP contribution in [0.25, 0.3) is 11.4 Å². The van der Waals surface area contributed by atoms with E-state index in [1.165, 1.54) is 29.3 Å². The molecule has 3 aromatic rings. The van der Waals surface area contributed by atoms with Crippen LogP contribution < -0.4 is 0 Å². The van der Waals surface area contributed by atoms with E-state index in [9.17, 15) is 4.79 Å². The van der Waals surface area contributed by atoms with Crippen LogP contribution in [0.15, 0.2) is 60.5 Å². The molecule has 0 N–H and O–H groups in total. The van der Waals surface area contributed by atoms with Crippen molar-refractivity contribution in [2.75, 3.05) is 0 Å². The van der Waals surface area contributed by atoms with Crippen LogP contribution in [0.2, 0.25) is 0 Å². The van der Waals surface area contributed by atoms with Crippen molar-refractivity contribution >= 4 is 17.5 Å². The molecule has 0 aliphatic heterocycles. The second kappa shape index (κ2) is 8.10. The molecule has 0 saturated carbocycles. The molecular weight excluding hydrogens is 368 g/mol. The molecule has 0 saturated heterocycles. The summed E-state index contributed by atoms with van der Waals surface area (Å²) in [7, 11) is 0. The summed E-state index contributed by atoms with van der Waals surface area (Å²) < 4.78 is 1.99. The van der Waals surface area contributed by atoms with Crippen LogP contribution in [0.1, 0.15) is 34.8 Å². The molecule has 1 atom stereocenters. The lowest BCUT2D eigenvalue weighted by molar-refractivity contribution is 0.0993. The van der Waals surface area contributed by atoms with Gasteiger partial charge in [0.2, 0.25) is 0 Å². The number of aryl methyl sites for hydroxylation is 2. The fourth-order valence-electron chi connectivity index (χ4n) is 3.56. The Balaban J connectivity index is 1.57. The Bertz CT molecular complexity index is 1010. The summed E-state index contributed by atoms with van der Waals surface area (Å²) >= 11 is 1.44. The van der Waals surface area contributed by atoms with Crippen molar-refractivity contribution in [3.05, 3.63) is 72.1 Å².